The van der Waals surface area contributed by atoms with E-state index in [0.29, 0.717) is 0 Å². The Morgan fingerprint density at radius 3 is 2.80 bits per heavy atom. The molecular formula is C11H17N3S. The molecule has 1 aromatic heterocycles. The summed E-state index contributed by atoms with van der Waals surface area (Å²) in [5.74, 6) is 2.70. The van der Waals surface area contributed by atoms with Gasteiger partial charge in [0.2, 0.25) is 0 Å². The highest BCUT2D eigenvalue weighted by atomic mass is 32.1. The topological polar surface area (TPSA) is 51.8 Å². The zero-order valence-corrected chi connectivity index (χ0v) is 9.67. The molecule has 3 nitrogen and oxygen atoms in total. The first-order chi connectivity index (χ1) is 7.40. The molecule has 0 aromatic carbocycles. The molecule has 2 unspecified atom stereocenters. The first-order valence-electron chi connectivity index (χ1n) is 5.92. The molecule has 0 spiro atoms. The summed E-state index contributed by atoms with van der Waals surface area (Å²) in [5, 5.41) is 11.1. The van der Waals surface area contributed by atoms with Crippen LogP contribution in [0.1, 0.15) is 41.6 Å². The second kappa shape index (κ2) is 3.83. The van der Waals surface area contributed by atoms with E-state index in [0.717, 1.165) is 37.1 Å². The normalized spacial score (nSPS) is 33.0. The van der Waals surface area contributed by atoms with Crippen LogP contribution in [0.2, 0.25) is 0 Å². The third-order valence-electron chi connectivity index (χ3n) is 3.77. The largest absolute Gasteiger partial charge is 0.330 e. The fourth-order valence-corrected chi connectivity index (χ4v) is 4.08. The van der Waals surface area contributed by atoms with Gasteiger partial charge in [0.05, 0.1) is 0 Å². The Balaban J connectivity index is 1.64. The van der Waals surface area contributed by atoms with E-state index >= 15 is 0 Å². The summed E-state index contributed by atoms with van der Waals surface area (Å²) in [5.41, 5.74) is 5.49. The van der Waals surface area contributed by atoms with E-state index < -0.39 is 0 Å². The van der Waals surface area contributed by atoms with Gasteiger partial charge in [0.25, 0.3) is 0 Å². The lowest BCUT2D eigenvalue weighted by molar-refractivity contribution is 0.674. The number of aromatic nitrogens is 2. The summed E-state index contributed by atoms with van der Waals surface area (Å²) in [6, 6.07) is 0. The summed E-state index contributed by atoms with van der Waals surface area (Å²) < 4.78 is 0. The molecule has 0 radical (unpaired) electrons. The average molecular weight is 223 g/mol. The van der Waals surface area contributed by atoms with Crippen LogP contribution in [0.15, 0.2) is 0 Å². The van der Waals surface area contributed by atoms with Gasteiger partial charge in [-0.15, -0.1) is 21.5 Å². The maximum Gasteiger partial charge on any atom is 0.121 e. The van der Waals surface area contributed by atoms with Gasteiger partial charge in [-0.2, -0.15) is 0 Å². The van der Waals surface area contributed by atoms with E-state index in [-0.39, 0.29) is 0 Å². The van der Waals surface area contributed by atoms with Crippen LogP contribution in [0.3, 0.4) is 0 Å². The number of aryl methyl sites for hydroxylation is 1. The van der Waals surface area contributed by atoms with Gasteiger partial charge in [-0.05, 0) is 37.6 Å². The van der Waals surface area contributed by atoms with Crippen LogP contribution in [0.4, 0.5) is 0 Å². The molecule has 1 aromatic rings. The minimum Gasteiger partial charge on any atom is -0.330 e. The standard InChI is InChI=1S/C11H17N3S/c12-6-2-5-9-13-14-11(15-9)10-7-3-1-4-8(7)10/h7-8,10H,1-6,12H2. The smallest absolute Gasteiger partial charge is 0.121 e. The van der Waals surface area contributed by atoms with E-state index in [2.05, 4.69) is 10.2 Å². The highest BCUT2D eigenvalue weighted by Crippen LogP contribution is 2.63. The third-order valence-corrected chi connectivity index (χ3v) is 4.85. The monoisotopic (exact) mass is 223 g/mol. The number of nitrogens with two attached hydrogens (primary N) is 1. The molecule has 2 saturated carbocycles. The van der Waals surface area contributed by atoms with Gasteiger partial charge >= 0.3 is 0 Å². The Hall–Kier alpha value is -0.480. The first-order valence-corrected chi connectivity index (χ1v) is 6.74. The highest BCUT2D eigenvalue weighted by molar-refractivity contribution is 7.11. The van der Waals surface area contributed by atoms with Crippen molar-refractivity contribution in [2.45, 2.75) is 38.0 Å². The Kier molecular flexibility index (Phi) is 2.48. The number of hydrogen-bond donors (Lipinski definition) is 1. The Bertz CT molecular complexity index is 339. The quantitative estimate of drug-likeness (QED) is 0.848. The zero-order chi connectivity index (χ0) is 10.3. The molecule has 0 amide bonds. The minimum absolute atomic E-state index is 0.754. The molecule has 3 rings (SSSR count). The summed E-state index contributed by atoms with van der Waals surface area (Å²) in [4.78, 5) is 0. The van der Waals surface area contributed by atoms with Crippen LogP contribution in [-0.4, -0.2) is 16.7 Å². The van der Waals surface area contributed by atoms with Gasteiger partial charge in [0, 0.05) is 12.3 Å². The number of rotatable bonds is 4. The summed E-state index contributed by atoms with van der Waals surface area (Å²) in [7, 11) is 0. The molecule has 4 heteroatoms. The number of hydrogen-bond acceptors (Lipinski definition) is 4. The maximum atomic E-state index is 5.49. The Labute approximate surface area is 94.1 Å². The summed E-state index contributed by atoms with van der Waals surface area (Å²) >= 11 is 1.82. The molecule has 82 valence electrons. The second-order valence-electron chi connectivity index (χ2n) is 4.71. The molecule has 2 aliphatic rings. The van der Waals surface area contributed by atoms with Crippen molar-refractivity contribution in [3.8, 4) is 0 Å². The Morgan fingerprint density at radius 2 is 2.07 bits per heavy atom. The molecule has 1 heterocycles. The number of fused-ring (bicyclic) bond motifs is 1. The van der Waals surface area contributed by atoms with Gasteiger partial charge < -0.3 is 5.73 Å². The summed E-state index contributed by atoms with van der Waals surface area (Å²) in [6.07, 6.45) is 6.33. The zero-order valence-electron chi connectivity index (χ0n) is 8.85. The molecular weight excluding hydrogens is 206 g/mol. The minimum atomic E-state index is 0.754. The van der Waals surface area contributed by atoms with Gasteiger partial charge in [-0.3, -0.25) is 0 Å². The van der Waals surface area contributed by atoms with Crippen molar-refractivity contribution < 1.29 is 0 Å². The summed E-state index contributed by atoms with van der Waals surface area (Å²) in [6.45, 7) is 0.754. The van der Waals surface area contributed by atoms with Crippen LogP contribution in [0.25, 0.3) is 0 Å². The van der Waals surface area contributed by atoms with Crippen molar-refractivity contribution in [1.82, 2.24) is 10.2 Å². The van der Waals surface area contributed by atoms with E-state index in [1.165, 1.54) is 29.3 Å². The average Bonchev–Trinajstić information content (AvgIpc) is 2.73. The highest BCUT2D eigenvalue weighted by Gasteiger charge is 2.54. The van der Waals surface area contributed by atoms with Crippen LogP contribution in [0.5, 0.6) is 0 Å². The van der Waals surface area contributed by atoms with Gasteiger partial charge in [-0.1, -0.05) is 6.42 Å². The van der Waals surface area contributed by atoms with Crippen molar-refractivity contribution in [3.63, 3.8) is 0 Å². The Morgan fingerprint density at radius 1 is 1.27 bits per heavy atom. The molecule has 2 atom stereocenters. The molecule has 0 aliphatic heterocycles. The predicted octanol–water partition coefficient (Wildman–Crippen LogP) is 1.94. The van der Waals surface area contributed by atoms with E-state index in [4.69, 9.17) is 5.73 Å². The lowest BCUT2D eigenvalue weighted by Crippen LogP contribution is -1.99. The SMILES string of the molecule is NCCCc1nnc(C2C3CCCC32)s1. The van der Waals surface area contributed by atoms with Crippen molar-refractivity contribution in [2.75, 3.05) is 6.54 Å². The molecule has 2 fully saturated rings. The van der Waals surface area contributed by atoms with Crippen LogP contribution >= 0.6 is 11.3 Å². The van der Waals surface area contributed by atoms with Crippen LogP contribution < -0.4 is 5.73 Å². The molecule has 15 heavy (non-hydrogen) atoms. The van der Waals surface area contributed by atoms with E-state index in [1.54, 1.807) is 0 Å². The van der Waals surface area contributed by atoms with Gasteiger partial charge in [0.1, 0.15) is 10.0 Å². The van der Waals surface area contributed by atoms with E-state index in [9.17, 15) is 0 Å². The van der Waals surface area contributed by atoms with E-state index in [1.807, 2.05) is 11.3 Å². The molecule has 0 saturated heterocycles. The van der Waals surface area contributed by atoms with Crippen LogP contribution in [0, 0.1) is 11.8 Å². The lowest BCUT2D eigenvalue weighted by atomic mass is 10.1. The molecule has 2 N–H and O–H groups in total. The second-order valence-corrected chi connectivity index (χ2v) is 5.80. The maximum absolute atomic E-state index is 5.49. The van der Waals surface area contributed by atoms with Crippen molar-refractivity contribution >= 4 is 11.3 Å². The van der Waals surface area contributed by atoms with Crippen molar-refractivity contribution in [2.24, 2.45) is 17.6 Å². The third kappa shape index (κ3) is 1.70. The fourth-order valence-electron chi connectivity index (χ4n) is 2.94. The first kappa shape index (κ1) is 9.73. The van der Waals surface area contributed by atoms with Crippen molar-refractivity contribution in [1.29, 1.82) is 0 Å². The fraction of sp³-hybridized carbons (Fsp3) is 0.818. The molecule has 0 bridgehead atoms. The van der Waals surface area contributed by atoms with Crippen LogP contribution in [-0.2, 0) is 6.42 Å². The number of nitrogens with zero attached hydrogens (tertiary/aromatic N) is 2. The predicted molar refractivity (Wildman–Crippen MR) is 60.9 cm³/mol. The molecule has 2 aliphatic carbocycles. The lowest BCUT2D eigenvalue weighted by Gasteiger charge is -1.96. The van der Waals surface area contributed by atoms with Gasteiger partial charge in [0.15, 0.2) is 0 Å². The van der Waals surface area contributed by atoms with Crippen molar-refractivity contribution in [3.05, 3.63) is 10.0 Å². The van der Waals surface area contributed by atoms with Gasteiger partial charge in [-0.25, -0.2) is 0 Å².